The van der Waals surface area contributed by atoms with Gasteiger partial charge in [0.2, 0.25) is 0 Å². The number of aryl methyl sites for hydroxylation is 2. The molecule has 31 heavy (non-hydrogen) atoms. The number of hydrogen-bond acceptors (Lipinski definition) is 6. The molecular formula is C24H33N5O2. The molecule has 2 aliphatic rings. The highest BCUT2D eigenvalue weighted by atomic mass is 16.6. The quantitative estimate of drug-likeness (QED) is 0.781. The van der Waals surface area contributed by atoms with Crippen molar-refractivity contribution >= 4 is 11.8 Å². The predicted molar refractivity (Wildman–Crippen MR) is 121 cm³/mol. The van der Waals surface area contributed by atoms with Crippen LogP contribution in [-0.2, 0) is 17.6 Å². The summed E-state index contributed by atoms with van der Waals surface area (Å²) in [4.78, 5) is 27.9. The molecular weight excluding hydrogens is 390 g/mol. The molecule has 166 valence electrons. The Kier molecular flexibility index (Phi) is 6.39. The van der Waals surface area contributed by atoms with Crippen molar-refractivity contribution in [2.45, 2.75) is 64.9 Å². The zero-order chi connectivity index (χ0) is 21.8. The Bertz CT molecular complexity index is 899. The summed E-state index contributed by atoms with van der Waals surface area (Å²) in [7, 11) is 0. The van der Waals surface area contributed by atoms with Gasteiger partial charge >= 0.3 is 6.09 Å². The topological polar surface area (TPSA) is 80.2 Å². The minimum atomic E-state index is -0.438. The number of rotatable bonds is 4. The number of nitrogens with one attached hydrogen (secondary N) is 1. The summed E-state index contributed by atoms with van der Waals surface area (Å²) in [5.74, 6) is 1.37. The van der Waals surface area contributed by atoms with Crippen molar-refractivity contribution < 1.29 is 9.53 Å². The van der Waals surface area contributed by atoms with Crippen molar-refractivity contribution in [3.63, 3.8) is 0 Å². The van der Waals surface area contributed by atoms with Crippen molar-refractivity contribution in [3.8, 4) is 11.4 Å². The third-order valence-electron chi connectivity index (χ3n) is 5.93. The highest BCUT2D eigenvalue weighted by molar-refractivity contribution is 5.68. The highest BCUT2D eigenvalue weighted by Crippen LogP contribution is 2.25. The molecule has 0 unspecified atom stereocenters. The zero-order valence-electron chi connectivity index (χ0n) is 18.9. The van der Waals surface area contributed by atoms with Gasteiger partial charge in [0.15, 0.2) is 5.82 Å². The van der Waals surface area contributed by atoms with E-state index in [1.165, 1.54) is 0 Å². The highest BCUT2D eigenvalue weighted by Gasteiger charge is 2.26. The molecule has 2 aliphatic heterocycles. The van der Waals surface area contributed by atoms with E-state index in [-0.39, 0.29) is 6.09 Å². The summed E-state index contributed by atoms with van der Waals surface area (Å²) in [5, 5.41) is 3.35. The fourth-order valence-corrected chi connectivity index (χ4v) is 4.16. The van der Waals surface area contributed by atoms with E-state index in [9.17, 15) is 4.79 Å². The lowest BCUT2D eigenvalue weighted by Gasteiger charge is -2.33. The average molecular weight is 424 g/mol. The van der Waals surface area contributed by atoms with Crippen LogP contribution in [0.25, 0.3) is 11.4 Å². The number of aromatic nitrogens is 3. The van der Waals surface area contributed by atoms with Gasteiger partial charge in [0.25, 0.3) is 0 Å². The van der Waals surface area contributed by atoms with Crippen molar-refractivity contribution in [1.82, 2.24) is 19.9 Å². The molecule has 1 saturated heterocycles. The Morgan fingerprint density at radius 2 is 2.00 bits per heavy atom. The lowest BCUT2D eigenvalue weighted by Crippen LogP contribution is -2.41. The number of amides is 1. The first-order valence-electron chi connectivity index (χ1n) is 11.4. The molecule has 0 bridgehead atoms. The van der Waals surface area contributed by atoms with Gasteiger partial charge in [-0.3, -0.25) is 4.98 Å². The Morgan fingerprint density at radius 3 is 2.71 bits per heavy atom. The van der Waals surface area contributed by atoms with E-state index in [2.05, 4.69) is 27.4 Å². The predicted octanol–water partition coefficient (Wildman–Crippen LogP) is 4.48. The molecule has 0 spiro atoms. The van der Waals surface area contributed by atoms with E-state index in [0.717, 1.165) is 86.6 Å². The molecule has 1 fully saturated rings. The second-order valence-electron chi connectivity index (χ2n) is 9.57. The maximum absolute atomic E-state index is 12.2. The van der Waals surface area contributed by atoms with Gasteiger partial charge < -0.3 is 15.0 Å². The van der Waals surface area contributed by atoms with Crippen LogP contribution in [0.3, 0.4) is 0 Å². The number of carbonyl (C=O) groups is 1. The van der Waals surface area contributed by atoms with Crippen LogP contribution in [0.2, 0.25) is 0 Å². The first-order valence-corrected chi connectivity index (χ1v) is 11.4. The fourth-order valence-electron chi connectivity index (χ4n) is 4.16. The molecule has 1 amide bonds. The molecule has 1 N–H and O–H groups in total. The summed E-state index contributed by atoms with van der Waals surface area (Å²) < 4.78 is 5.48. The first kappa shape index (κ1) is 21.5. The second kappa shape index (κ2) is 9.20. The molecule has 7 nitrogen and oxygen atoms in total. The summed E-state index contributed by atoms with van der Waals surface area (Å²) in [6.45, 7) is 8.26. The zero-order valence-corrected chi connectivity index (χ0v) is 18.9. The molecule has 2 aromatic rings. The number of piperidine rings is 1. The van der Waals surface area contributed by atoms with Gasteiger partial charge in [-0.2, -0.15) is 0 Å². The van der Waals surface area contributed by atoms with Gasteiger partial charge in [-0.1, -0.05) is 0 Å². The minimum absolute atomic E-state index is 0.191. The molecule has 2 aromatic heterocycles. The van der Waals surface area contributed by atoms with Gasteiger partial charge in [0, 0.05) is 37.1 Å². The van der Waals surface area contributed by atoms with Crippen molar-refractivity contribution in [2.75, 3.05) is 25.0 Å². The lowest BCUT2D eigenvalue weighted by molar-refractivity contribution is 0.0181. The Morgan fingerprint density at radius 1 is 1.19 bits per heavy atom. The number of nitrogens with zero attached hydrogens (tertiary/aromatic N) is 4. The molecule has 0 atom stereocenters. The fraction of sp³-hybridized carbons (Fsp3) is 0.583. The standard InChI is InChI=1S/C24H33N5O2/c1-24(2,3)31-23(30)29-13-10-17(11-14-29)6-8-19-9-7-18(15-26-19)22-27-16-21-20(28-22)5-4-12-25-21/h7,9,15-17,25H,4-6,8,10-14H2,1-3H3. The Hall–Kier alpha value is -2.70. The number of fused-ring (bicyclic) bond motifs is 1. The Labute approximate surface area is 184 Å². The van der Waals surface area contributed by atoms with Crippen LogP contribution in [0, 0.1) is 5.92 Å². The number of carbonyl (C=O) groups excluding carboxylic acids is 1. The monoisotopic (exact) mass is 423 g/mol. The number of pyridine rings is 1. The van der Waals surface area contributed by atoms with Crippen LogP contribution >= 0.6 is 0 Å². The second-order valence-corrected chi connectivity index (χ2v) is 9.57. The van der Waals surface area contributed by atoms with Gasteiger partial charge in [0.1, 0.15) is 5.60 Å². The van der Waals surface area contributed by atoms with E-state index in [4.69, 9.17) is 9.72 Å². The van der Waals surface area contributed by atoms with E-state index in [1.807, 2.05) is 38.1 Å². The van der Waals surface area contributed by atoms with E-state index < -0.39 is 5.60 Å². The van der Waals surface area contributed by atoms with Crippen LogP contribution < -0.4 is 5.32 Å². The maximum atomic E-state index is 12.2. The molecule has 0 aliphatic carbocycles. The van der Waals surface area contributed by atoms with Gasteiger partial charge in [-0.15, -0.1) is 0 Å². The van der Waals surface area contributed by atoms with E-state index >= 15 is 0 Å². The molecule has 4 rings (SSSR count). The third-order valence-corrected chi connectivity index (χ3v) is 5.93. The van der Waals surface area contributed by atoms with Crippen molar-refractivity contribution in [2.24, 2.45) is 5.92 Å². The van der Waals surface area contributed by atoms with Crippen LogP contribution in [0.5, 0.6) is 0 Å². The number of anilines is 1. The van der Waals surface area contributed by atoms with Gasteiger partial charge in [0.05, 0.1) is 17.6 Å². The number of hydrogen-bond donors (Lipinski definition) is 1. The summed E-state index contributed by atoms with van der Waals surface area (Å²) in [5.41, 5.74) is 3.77. The van der Waals surface area contributed by atoms with Crippen molar-refractivity contribution in [1.29, 1.82) is 0 Å². The first-order chi connectivity index (χ1) is 14.9. The molecule has 0 saturated carbocycles. The summed E-state index contributed by atoms with van der Waals surface area (Å²) in [6, 6.07) is 4.16. The largest absolute Gasteiger partial charge is 0.444 e. The summed E-state index contributed by atoms with van der Waals surface area (Å²) >= 11 is 0. The smallest absolute Gasteiger partial charge is 0.410 e. The minimum Gasteiger partial charge on any atom is -0.444 e. The van der Waals surface area contributed by atoms with E-state index in [1.54, 1.807) is 0 Å². The number of ether oxygens (including phenoxy) is 1. The molecule has 0 radical (unpaired) electrons. The van der Waals surface area contributed by atoms with Gasteiger partial charge in [-0.05, 0) is 77.3 Å². The van der Waals surface area contributed by atoms with Gasteiger partial charge in [-0.25, -0.2) is 14.8 Å². The Balaban J connectivity index is 1.26. The van der Waals surface area contributed by atoms with Crippen molar-refractivity contribution in [3.05, 3.63) is 35.9 Å². The molecule has 4 heterocycles. The average Bonchev–Trinajstić information content (AvgIpc) is 2.77. The number of likely N-dealkylation sites (tertiary alicyclic amines) is 1. The lowest BCUT2D eigenvalue weighted by atomic mass is 9.91. The normalized spacial score (nSPS) is 17.1. The molecule has 7 heteroatoms. The third kappa shape index (κ3) is 5.71. The van der Waals surface area contributed by atoms with E-state index in [0.29, 0.717) is 5.92 Å². The molecule has 0 aromatic carbocycles. The SMILES string of the molecule is CC(C)(C)OC(=O)N1CCC(CCc2ccc(-c3ncc4c(n3)CCCN4)cn2)CC1. The van der Waals surface area contributed by atoms with Crippen LogP contribution in [-0.4, -0.2) is 51.2 Å². The van der Waals surface area contributed by atoms with Crippen LogP contribution in [0.1, 0.15) is 57.8 Å². The van der Waals surface area contributed by atoms with Crippen LogP contribution in [0.15, 0.2) is 24.5 Å². The van der Waals surface area contributed by atoms with Crippen LogP contribution in [0.4, 0.5) is 10.5 Å². The maximum Gasteiger partial charge on any atom is 0.410 e. The summed E-state index contributed by atoms with van der Waals surface area (Å²) in [6.07, 6.45) is 9.77.